The van der Waals surface area contributed by atoms with E-state index in [1.165, 1.54) is 32.4 Å². The van der Waals surface area contributed by atoms with E-state index in [1.54, 1.807) is 0 Å². The molecule has 0 unspecified atom stereocenters. The van der Waals surface area contributed by atoms with Crippen molar-refractivity contribution in [2.24, 2.45) is 5.41 Å². The van der Waals surface area contributed by atoms with Gasteiger partial charge in [-0.05, 0) is 45.1 Å². The van der Waals surface area contributed by atoms with E-state index in [0.717, 1.165) is 19.3 Å². The van der Waals surface area contributed by atoms with Gasteiger partial charge in [0, 0.05) is 25.8 Å². The van der Waals surface area contributed by atoms with E-state index in [2.05, 4.69) is 18.7 Å². The Kier molecular flexibility index (Phi) is 5.07. The smallest absolute Gasteiger partial charge is 0.0471 e. The predicted octanol–water partition coefficient (Wildman–Crippen LogP) is 2.92. The van der Waals surface area contributed by atoms with Gasteiger partial charge < -0.3 is 9.64 Å². The van der Waals surface area contributed by atoms with Gasteiger partial charge in [0.1, 0.15) is 0 Å². The van der Waals surface area contributed by atoms with Crippen LogP contribution in [0, 0.1) is 5.41 Å². The fourth-order valence-corrected chi connectivity index (χ4v) is 2.62. The number of ether oxygens (including phenoxy) is 1. The lowest BCUT2D eigenvalue weighted by molar-refractivity contribution is 0.0179. The summed E-state index contributed by atoms with van der Waals surface area (Å²) in [6.45, 7) is 13.2. The molecule has 0 aromatic rings. The van der Waals surface area contributed by atoms with E-state index in [1.807, 2.05) is 13.8 Å². The lowest BCUT2D eigenvalue weighted by atomic mass is 9.80. The fraction of sp³-hybridized carbons (Fsp3) is 1.00. The zero-order valence-corrected chi connectivity index (χ0v) is 10.9. The van der Waals surface area contributed by atoms with Crippen molar-refractivity contribution in [3.63, 3.8) is 0 Å². The molecule has 1 spiro atoms. The van der Waals surface area contributed by atoms with Gasteiger partial charge in [0.2, 0.25) is 0 Å². The van der Waals surface area contributed by atoms with Crippen LogP contribution in [0.5, 0.6) is 0 Å². The van der Waals surface area contributed by atoms with Crippen molar-refractivity contribution in [2.75, 3.05) is 26.3 Å². The summed E-state index contributed by atoms with van der Waals surface area (Å²) in [7, 11) is 0. The van der Waals surface area contributed by atoms with Crippen LogP contribution in [0.4, 0.5) is 0 Å². The predicted molar refractivity (Wildman–Crippen MR) is 65.2 cm³/mol. The first-order chi connectivity index (χ1) is 7.22. The molecule has 0 bridgehead atoms. The number of hydrogen-bond acceptors (Lipinski definition) is 2. The average Bonchev–Trinajstić information content (AvgIpc) is 2.67. The minimum Gasteiger partial charge on any atom is -0.381 e. The molecule has 2 fully saturated rings. The summed E-state index contributed by atoms with van der Waals surface area (Å²) in [6.07, 6.45) is 3.97. The Morgan fingerprint density at radius 1 is 1.07 bits per heavy atom. The van der Waals surface area contributed by atoms with Gasteiger partial charge in [0.15, 0.2) is 0 Å². The van der Waals surface area contributed by atoms with Gasteiger partial charge in [0.05, 0.1) is 0 Å². The van der Waals surface area contributed by atoms with Crippen LogP contribution in [-0.4, -0.2) is 37.2 Å². The molecule has 0 atom stereocenters. The van der Waals surface area contributed by atoms with E-state index in [9.17, 15) is 0 Å². The standard InChI is InChI=1S/C11H21NO.C2H6/c1-10(2)12-6-3-11(9-12)4-7-13-8-5-11;1-2/h10H,3-9H2,1-2H3;1-2H3. The van der Waals surface area contributed by atoms with Crippen LogP contribution in [0.1, 0.15) is 47.0 Å². The second-order valence-electron chi connectivity index (χ2n) is 4.93. The van der Waals surface area contributed by atoms with Crippen molar-refractivity contribution in [1.29, 1.82) is 0 Å². The second kappa shape index (κ2) is 5.86. The summed E-state index contributed by atoms with van der Waals surface area (Å²) in [5.74, 6) is 0. The summed E-state index contributed by atoms with van der Waals surface area (Å²) in [4.78, 5) is 2.62. The van der Waals surface area contributed by atoms with Crippen molar-refractivity contribution >= 4 is 0 Å². The molecule has 2 aliphatic heterocycles. The largest absolute Gasteiger partial charge is 0.381 e. The van der Waals surface area contributed by atoms with Gasteiger partial charge in [-0.3, -0.25) is 0 Å². The van der Waals surface area contributed by atoms with E-state index < -0.39 is 0 Å². The Bertz CT molecular complexity index is 173. The topological polar surface area (TPSA) is 12.5 Å². The molecule has 0 amide bonds. The molecule has 15 heavy (non-hydrogen) atoms. The molecule has 2 heteroatoms. The van der Waals surface area contributed by atoms with Gasteiger partial charge in [-0.25, -0.2) is 0 Å². The number of rotatable bonds is 1. The lowest BCUT2D eigenvalue weighted by Gasteiger charge is -2.34. The zero-order valence-electron chi connectivity index (χ0n) is 10.9. The molecule has 2 nitrogen and oxygen atoms in total. The average molecular weight is 213 g/mol. The van der Waals surface area contributed by atoms with Crippen LogP contribution in [0.25, 0.3) is 0 Å². The maximum Gasteiger partial charge on any atom is 0.0471 e. The second-order valence-corrected chi connectivity index (χ2v) is 4.93. The molecule has 0 aromatic carbocycles. The summed E-state index contributed by atoms with van der Waals surface area (Å²) >= 11 is 0. The van der Waals surface area contributed by atoms with E-state index >= 15 is 0 Å². The third kappa shape index (κ3) is 3.18. The Balaban J connectivity index is 0.000000531. The molecular weight excluding hydrogens is 186 g/mol. The summed E-state index contributed by atoms with van der Waals surface area (Å²) in [6, 6.07) is 0.724. The molecule has 0 aliphatic carbocycles. The SMILES string of the molecule is CC.CC(C)N1CCC2(CCOCC2)C1. The Labute approximate surface area is 95.0 Å². The molecule has 0 aromatic heterocycles. The molecule has 2 saturated heterocycles. The van der Waals surface area contributed by atoms with Gasteiger partial charge in [-0.15, -0.1) is 0 Å². The minimum absolute atomic E-state index is 0.628. The normalized spacial score (nSPS) is 25.4. The van der Waals surface area contributed by atoms with E-state index in [4.69, 9.17) is 4.74 Å². The number of likely N-dealkylation sites (tertiary alicyclic amines) is 1. The third-order valence-electron chi connectivity index (χ3n) is 3.75. The van der Waals surface area contributed by atoms with Crippen LogP contribution >= 0.6 is 0 Å². The molecule has 2 aliphatic rings. The van der Waals surface area contributed by atoms with Crippen molar-refractivity contribution in [2.45, 2.75) is 53.0 Å². The van der Waals surface area contributed by atoms with Crippen molar-refractivity contribution in [3.8, 4) is 0 Å². The van der Waals surface area contributed by atoms with Crippen molar-refractivity contribution < 1.29 is 4.74 Å². The first-order valence-electron chi connectivity index (χ1n) is 6.54. The zero-order chi connectivity index (χ0) is 11.3. The first kappa shape index (κ1) is 13.0. The van der Waals surface area contributed by atoms with Crippen LogP contribution < -0.4 is 0 Å². The van der Waals surface area contributed by atoms with Crippen LogP contribution in [0.15, 0.2) is 0 Å². The number of hydrogen-bond donors (Lipinski definition) is 0. The van der Waals surface area contributed by atoms with Gasteiger partial charge in [0.25, 0.3) is 0 Å². The molecule has 0 saturated carbocycles. The first-order valence-corrected chi connectivity index (χ1v) is 6.54. The molecule has 0 radical (unpaired) electrons. The monoisotopic (exact) mass is 213 g/mol. The summed E-state index contributed by atoms with van der Waals surface area (Å²) < 4.78 is 5.43. The lowest BCUT2D eigenvalue weighted by Crippen LogP contribution is -2.35. The maximum absolute atomic E-state index is 5.43. The van der Waals surface area contributed by atoms with Crippen LogP contribution in [0.3, 0.4) is 0 Å². The summed E-state index contributed by atoms with van der Waals surface area (Å²) in [5, 5.41) is 0. The number of nitrogens with zero attached hydrogens (tertiary/aromatic N) is 1. The highest BCUT2D eigenvalue weighted by Gasteiger charge is 2.39. The highest BCUT2D eigenvalue weighted by molar-refractivity contribution is 4.92. The highest BCUT2D eigenvalue weighted by atomic mass is 16.5. The van der Waals surface area contributed by atoms with E-state index in [-0.39, 0.29) is 0 Å². The van der Waals surface area contributed by atoms with E-state index in [0.29, 0.717) is 5.41 Å². The highest BCUT2D eigenvalue weighted by Crippen LogP contribution is 2.40. The third-order valence-corrected chi connectivity index (χ3v) is 3.75. The van der Waals surface area contributed by atoms with Gasteiger partial charge >= 0.3 is 0 Å². The van der Waals surface area contributed by atoms with Gasteiger partial charge in [-0.2, -0.15) is 0 Å². The molecule has 2 heterocycles. The van der Waals surface area contributed by atoms with Crippen LogP contribution in [0.2, 0.25) is 0 Å². The molecule has 90 valence electrons. The molecule has 0 N–H and O–H groups in total. The Morgan fingerprint density at radius 3 is 2.13 bits per heavy atom. The minimum atomic E-state index is 0.628. The summed E-state index contributed by atoms with van der Waals surface area (Å²) in [5.41, 5.74) is 0.628. The van der Waals surface area contributed by atoms with Crippen LogP contribution in [-0.2, 0) is 4.74 Å². The Hall–Kier alpha value is -0.0800. The fourth-order valence-electron chi connectivity index (χ4n) is 2.62. The molecular formula is C13H27NO. The van der Waals surface area contributed by atoms with Crippen molar-refractivity contribution in [1.82, 2.24) is 4.90 Å². The van der Waals surface area contributed by atoms with Gasteiger partial charge in [-0.1, -0.05) is 13.8 Å². The molecule has 2 rings (SSSR count). The van der Waals surface area contributed by atoms with Crippen molar-refractivity contribution in [3.05, 3.63) is 0 Å². The Morgan fingerprint density at radius 2 is 1.67 bits per heavy atom. The maximum atomic E-state index is 5.43. The quantitative estimate of drug-likeness (QED) is 0.664.